The first-order valence-electron chi connectivity index (χ1n) is 8.89. The van der Waals surface area contributed by atoms with Crippen LogP contribution < -0.4 is 15.5 Å². The van der Waals surface area contributed by atoms with Crippen LogP contribution in [0.4, 0.5) is 17.1 Å². The Bertz CT molecular complexity index is 907. The number of hydrogen-bond donors (Lipinski definition) is 2. The van der Waals surface area contributed by atoms with E-state index in [1.807, 2.05) is 32.0 Å². The number of nitrogens with zero attached hydrogens (tertiary/aromatic N) is 1. The molecule has 1 aliphatic rings. The van der Waals surface area contributed by atoms with Gasteiger partial charge in [0.25, 0.3) is 0 Å². The number of rotatable bonds is 4. The first kappa shape index (κ1) is 18.6. The highest BCUT2D eigenvalue weighted by atomic mass is 16.2. The molecule has 0 aromatic heterocycles. The predicted molar refractivity (Wildman–Crippen MR) is 106 cm³/mol. The van der Waals surface area contributed by atoms with Crippen molar-refractivity contribution >= 4 is 34.8 Å². The van der Waals surface area contributed by atoms with E-state index in [1.165, 1.54) is 6.92 Å². The monoisotopic (exact) mass is 365 g/mol. The number of nitrogens with one attached hydrogen (secondary N) is 2. The smallest absolute Gasteiger partial charge is 0.229 e. The summed E-state index contributed by atoms with van der Waals surface area (Å²) in [4.78, 5) is 37.9. The second-order valence-corrected chi connectivity index (χ2v) is 6.94. The lowest BCUT2D eigenvalue weighted by molar-refractivity contribution is -0.122. The molecule has 1 fully saturated rings. The summed E-state index contributed by atoms with van der Waals surface area (Å²) in [5.74, 6) is -0.847. The van der Waals surface area contributed by atoms with Gasteiger partial charge in [-0.1, -0.05) is 23.8 Å². The fraction of sp³-hybridized carbons (Fsp3) is 0.286. The zero-order valence-corrected chi connectivity index (χ0v) is 15.7. The van der Waals surface area contributed by atoms with Crippen molar-refractivity contribution in [2.45, 2.75) is 27.2 Å². The van der Waals surface area contributed by atoms with Crippen LogP contribution in [0.1, 0.15) is 24.5 Å². The molecule has 6 nitrogen and oxygen atoms in total. The molecule has 1 aliphatic heterocycles. The van der Waals surface area contributed by atoms with Gasteiger partial charge in [-0.3, -0.25) is 14.4 Å². The summed E-state index contributed by atoms with van der Waals surface area (Å²) in [6.07, 6.45) is 0.168. The lowest BCUT2D eigenvalue weighted by atomic mass is 10.1. The van der Waals surface area contributed by atoms with Crippen molar-refractivity contribution in [3.63, 3.8) is 0 Å². The SMILES string of the molecule is CC(=O)Nc1cccc(N2C[C@H](C(=O)Nc3ccc(C)cc3C)CC2=O)c1. The summed E-state index contributed by atoms with van der Waals surface area (Å²) in [6.45, 7) is 5.70. The average molecular weight is 365 g/mol. The molecule has 0 radical (unpaired) electrons. The van der Waals surface area contributed by atoms with Gasteiger partial charge in [-0.25, -0.2) is 0 Å². The van der Waals surface area contributed by atoms with Crippen LogP contribution in [-0.4, -0.2) is 24.3 Å². The van der Waals surface area contributed by atoms with Crippen LogP contribution >= 0.6 is 0 Å². The first-order valence-corrected chi connectivity index (χ1v) is 8.89. The molecule has 3 amide bonds. The van der Waals surface area contributed by atoms with Crippen molar-refractivity contribution in [3.05, 3.63) is 53.6 Å². The van der Waals surface area contributed by atoms with Gasteiger partial charge >= 0.3 is 0 Å². The molecule has 0 aliphatic carbocycles. The number of benzene rings is 2. The molecule has 6 heteroatoms. The van der Waals surface area contributed by atoms with Gasteiger partial charge < -0.3 is 15.5 Å². The van der Waals surface area contributed by atoms with Gasteiger partial charge in [-0.2, -0.15) is 0 Å². The van der Waals surface area contributed by atoms with E-state index in [0.29, 0.717) is 17.9 Å². The summed E-state index contributed by atoms with van der Waals surface area (Å²) in [5, 5.41) is 5.64. The molecule has 140 valence electrons. The van der Waals surface area contributed by atoms with Crippen molar-refractivity contribution < 1.29 is 14.4 Å². The molecule has 1 heterocycles. The molecule has 1 atom stereocenters. The maximum Gasteiger partial charge on any atom is 0.229 e. The Morgan fingerprint density at radius 2 is 1.85 bits per heavy atom. The van der Waals surface area contributed by atoms with Gasteiger partial charge in [-0.05, 0) is 43.7 Å². The molecule has 2 aromatic carbocycles. The maximum atomic E-state index is 12.6. The number of aryl methyl sites for hydroxylation is 2. The standard InChI is InChI=1S/C21H23N3O3/c1-13-7-8-19(14(2)9-13)23-21(27)16-10-20(26)24(12-16)18-6-4-5-17(11-18)22-15(3)25/h4-9,11,16H,10,12H2,1-3H3,(H,22,25)(H,23,27)/t16-/m1/s1. The van der Waals surface area contributed by atoms with Crippen molar-refractivity contribution in [3.8, 4) is 0 Å². The van der Waals surface area contributed by atoms with Crippen LogP contribution in [0.25, 0.3) is 0 Å². The number of carbonyl (C=O) groups is 3. The van der Waals surface area contributed by atoms with Crippen LogP contribution in [0.5, 0.6) is 0 Å². The third-order valence-electron chi connectivity index (χ3n) is 4.61. The lowest BCUT2D eigenvalue weighted by Gasteiger charge is -2.18. The molecule has 0 bridgehead atoms. The molecule has 3 rings (SSSR count). The topological polar surface area (TPSA) is 78.5 Å². The fourth-order valence-corrected chi connectivity index (χ4v) is 3.28. The summed E-state index contributed by atoms with van der Waals surface area (Å²) in [6, 6.07) is 12.9. The average Bonchev–Trinajstić information content (AvgIpc) is 2.99. The van der Waals surface area contributed by atoms with Gasteiger partial charge in [0, 0.05) is 37.0 Å². The van der Waals surface area contributed by atoms with E-state index in [2.05, 4.69) is 10.6 Å². The second-order valence-electron chi connectivity index (χ2n) is 6.94. The summed E-state index contributed by atoms with van der Waals surface area (Å²) < 4.78 is 0. The minimum atomic E-state index is -0.414. The number of carbonyl (C=O) groups excluding carboxylic acids is 3. The number of anilines is 3. The van der Waals surface area contributed by atoms with Gasteiger partial charge in [0.2, 0.25) is 17.7 Å². The molecule has 2 aromatic rings. The van der Waals surface area contributed by atoms with Crippen molar-refractivity contribution in [2.75, 3.05) is 22.1 Å². The fourth-order valence-electron chi connectivity index (χ4n) is 3.28. The summed E-state index contributed by atoms with van der Waals surface area (Å²) in [5.41, 5.74) is 4.19. The third kappa shape index (κ3) is 4.34. The Hall–Kier alpha value is -3.15. The molecule has 0 saturated carbocycles. The van der Waals surface area contributed by atoms with Crippen LogP contribution in [0, 0.1) is 19.8 Å². The molecule has 0 unspecified atom stereocenters. The zero-order valence-electron chi connectivity index (χ0n) is 15.7. The third-order valence-corrected chi connectivity index (χ3v) is 4.61. The van der Waals surface area contributed by atoms with E-state index in [1.54, 1.807) is 29.2 Å². The number of hydrogen-bond acceptors (Lipinski definition) is 3. The zero-order chi connectivity index (χ0) is 19.6. The molecule has 0 spiro atoms. The van der Waals surface area contributed by atoms with E-state index >= 15 is 0 Å². The highest BCUT2D eigenvalue weighted by molar-refractivity contribution is 6.04. The Kier molecular flexibility index (Phi) is 5.26. The van der Waals surface area contributed by atoms with E-state index < -0.39 is 5.92 Å². The Labute approximate surface area is 158 Å². The predicted octanol–water partition coefficient (Wildman–Crippen LogP) is 3.25. The van der Waals surface area contributed by atoms with Crippen LogP contribution in [0.15, 0.2) is 42.5 Å². The van der Waals surface area contributed by atoms with Crippen molar-refractivity contribution in [1.29, 1.82) is 0 Å². The summed E-state index contributed by atoms with van der Waals surface area (Å²) in [7, 11) is 0. The molecule has 27 heavy (non-hydrogen) atoms. The van der Waals surface area contributed by atoms with Gasteiger partial charge in [0.1, 0.15) is 0 Å². The summed E-state index contributed by atoms with van der Waals surface area (Å²) >= 11 is 0. The van der Waals surface area contributed by atoms with Crippen LogP contribution in [0.3, 0.4) is 0 Å². The van der Waals surface area contributed by atoms with E-state index in [0.717, 1.165) is 16.8 Å². The highest BCUT2D eigenvalue weighted by Crippen LogP contribution is 2.28. The Morgan fingerprint density at radius 1 is 1.07 bits per heavy atom. The minimum absolute atomic E-state index is 0.101. The minimum Gasteiger partial charge on any atom is -0.326 e. The van der Waals surface area contributed by atoms with Crippen molar-refractivity contribution in [2.24, 2.45) is 5.92 Å². The van der Waals surface area contributed by atoms with E-state index in [-0.39, 0.29) is 24.1 Å². The van der Waals surface area contributed by atoms with E-state index in [4.69, 9.17) is 0 Å². The van der Waals surface area contributed by atoms with Gasteiger partial charge in [0.15, 0.2) is 0 Å². The molecular weight excluding hydrogens is 342 g/mol. The normalized spacial score (nSPS) is 16.3. The van der Waals surface area contributed by atoms with Crippen LogP contribution in [0.2, 0.25) is 0 Å². The Balaban J connectivity index is 1.71. The van der Waals surface area contributed by atoms with Gasteiger partial charge in [-0.15, -0.1) is 0 Å². The van der Waals surface area contributed by atoms with Gasteiger partial charge in [0.05, 0.1) is 5.92 Å². The Morgan fingerprint density at radius 3 is 2.56 bits per heavy atom. The second kappa shape index (κ2) is 7.61. The highest BCUT2D eigenvalue weighted by Gasteiger charge is 2.35. The molecular formula is C21H23N3O3. The lowest BCUT2D eigenvalue weighted by Crippen LogP contribution is -2.28. The largest absolute Gasteiger partial charge is 0.326 e. The van der Waals surface area contributed by atoms with Crippen molar-refractivity contribution in [1.82, 2.24) is 0 Å². The molecule has 2 N–H and O–H groups in total. The quantitative estimate of drug-likeness (QED) is 0.873. The first-order chi connectivity index (χ1) is 12.8. The van der Waals surface area contributed by atoms with E-state index in [9.17, 15) is 14.4 Å². The maximum absolute atomic E-state index is 12.6. The number of amides is 3. The van der Waals surface area contributed by atoms with Crippen LogP contribution in [-0.2, 0) is 14.4 Å². The molecule has 1 saturated heterocycles.